The molecular weight excluding hydrogens is 374 g/mol. The summed E-state index contributed by atoms with van der Waals surface area (Å²) in [7, 11) is -3.68. The van der Waals surface area contributed by atoms with Crippen molar-refractivity contribution in [1.82, 2.24) is 0 Å². The van der Waals surface area contributed by atoms with E-state index in [-0.39, 0.29) is 0 Å². The molecule has 0 heterocycles. The van der Waals surface area contributed by atoms with Crippen LogP contribution in [0.25, 0.3) is 0 Å². The average Bonchev–Trinajstić information content (AvgIpc) is 2.62. The molecule has 28 heavy (non-hydrogen) atoms. The first-order valence-electron chi connectivity index (χ1n) is 9.00. The summed E-state index contributed by atoms with van der Waals surface area (Å²) in [6.07, 6.45) is 1.72. The summed E-state index contributed by atoms with van der Waals surface area (Å²) >= 11 is 0. The van der Waals surface area contributed by atoms with E-state index in [9.17, 15) is 13.2 Å². The van der Waals surface area contributed by atoms with Crippen LogP contribution in [-0.2, 0) is 21.2 Å². The molecule has 0 fully saturated rings. The standard InChI is InChI=1S/C21H25N3O3S/c1-5-19(21(25)23-18-10-8-17(9-11-18)12-13-22)24(28(4,26)27)20-14-15(2)6-7-16(20)3/h6-11,14,19H,5,12H2,1-4H3,(H,23,25). The van der Waals surface area contributed by atoms with Crippen molar-refractivity contribution in [1.29, 1.82) is 5.26 Å². The molecular formula is C21H25N3O3S. The van der Waals surface area contributed by atoms with Gasteiger partial charge in [0.2, 0.25) is 15.9 Å². The molecule has 2 rings (SSSR count). The number of anilines is 2. The fraction of sp³-hybridized carbons (Fsp3) is 0.333. The zero-order valence-electron chi connectivity index (χ0n) is 16.6. The van der Waals surface area contributed by atoms with Crippen LogP contribution in [0.3, 0.4) is 0 Å². The van der Waals surface area contributed by atoms with Gasteiger partial charge in [-0.15, -0.1) is 0 Å². The zero-order chi connectivity index (χ0) is 20.9. The average molecular weight is 400 g/mol. The zero-order valence-corrected chi connectivity index (χ0v) is 17.4. The molecule has 0 spiro atoms. The van der Waals surface area contributed by atoms with Crippen LogP contribution in [0.15, 0.2) is 42.5 Å². The van der Waals surface area contributed by atoms with E-state index in [1.54, 1.807) is 37.3 Å². The van der Waals surface area contributed by atoms with E-state index in [0.29, 0.717) is 24.2 Å². The summed E-state index contributed by atoms with van der Waals surface area (Å²) in [6, 6.07) is 13.7. The number of nitrogens with zero attached hydrogens (tertiary/aromatic N) is 2. The largest absolute Gasteiger partial charge is 0.324 e. The summed E-state index contributed by atoms with van der Waals surface area (Å²) < 4.78 is 26.4. The molecule has 2 aromatic rings. The van der Waals surface area contributed by atoms with Gasteiger partial charge in [0.25, 0.3) is 0 Å². The Morgan fingerprint density at radius 1 is 1.18 bits per heavy atom. The summed E-state index contributed by atoms with van der Waals surface area (Å²) in [5.41, 5.74) is 3.61. The molecule has 0 aliphatic rings. The van der Waals surface area contributed by atoms with Gasteiger partial charge in [-0.25, -0.2) is 8.42 Å². The number of amides is 1. The van der Waals surface area contributed by atoms with E-state index in [4.69, 9.17) is 5.26 Å². The minimum Gasteiger partial charge on any atom is -0.324 e. The number of aryl methyl sites for hydroxylation is 2. The molecule has 0 saturated carbocycles. The lowest BCUT2D eigenvalue weighted by Crippen LogP contribution is -2.47. The third-order valence-corrected chi connectivity index (χ3v) is 5.60. The van der Waals surface area contributed by atoms with Crippen LogP contribution >= 0.6 is 0 Å². The van der Waals surface area contributed by atoms with Crippen LogP contribution in [0, 0.1) is 25.2 Å². The van der Waals surface area contributed by atoms with Crippen molar-refractivity contribution in [2.24, 2.45) is 0 Å². The second-order valence-corrected chi connectivity index (χ2v) is 8.65. The maximum Gasteiger partial charge on any atom is 0.248 e. The van der Waals surface area contributed by atoms with Gasteiger partial charge in [-0.05, 0) is 55.2 Å². The SMILES string of the molecule is CCC(C(=O)Nc1ccc(CC#N)cc1)N(c1cc(C)ccc1C)S(C)(=O)=O. The van der Waals surface area contributed by atoms with Gasteiger partial charge < -0.3 is 5.32 Å². The molecule has 0 radical (unpaired) electrons. The molecule has 1 unspecified atom stereocenters. The Morgan fingerprint density at radius 2 is 1.82 bits per heavy atom. The Morgan fingerprint density at radius 3 is 2.36 bits per heavy atom. The fourth-order valence-electron chi connectivity index (χ4n) is 3.02. The molecule has 0 aliphatic heterocycles. The maximum absolute atomic E-state index is 12.9. The predicted octanol–water partition coefficient (Wildman–Crippen LogP) is 3.55. The van der Waals surface area contributed by atoms with Crippen molar-refractivity contribution in [2.75, 3.05) is 15.9 Å². The van der Waals surface area contributed by atoms with Crippen molar-refractivity contribution in [2.45, 2.75) is 39.7 Å². The van der Waals surface area contributed by atoms with E-state index in [1.807, 2.05) is 26.0 Å². The fourth-order valence-corrected chi connectivity index (χ4v) is 4.28. The first-order chi connectivity index (χ1) is 13.2. The number of benzene rings is 2. The highest BCUT2D eigenvalue weighted by atomic mass is 32.2. The van der Waals surface area contributed by atoms with Crippen molar-refractivity contribution >= 4 is 27.3 Å². The smallest absolute Gasteiger partial charge is 0.248 e. The Bertz CT molecular complexity index is 993. The van der Waals surface area contributed by atoms with Crippen LogP contribution in [0.5, 0.6) is 0 Å². The van der Waals surface area contributed by atoms with Gasteiger partial charge in [-0.3, -0.25) is 9.10 Å². The predicted molar refractivity (Wildman–Crippen MR) is 112 cm³/mol. The highest BCUT2D eigenvalue weighted by Gasteiger charge is 2.32. The van der Waals surface area contributed by atoms with E-state index < -0.39 is 22.0 Å². The molecule has 6 nitrogen and oxygen atoms in total. The molecule has 2 aromatic carbocycles. The van der Waals surface area contributed by atoms with E-state index in [1.165, 1.54) is 4.31 Å². The molecule has 1 atom stereocenters. The number of sulfonamides is 1. The second kappa shape index (κ2) is 8.89. The molecule has 0 bridgehead atoms. The topological polar surface area (TPSA) is 90.3 Å². The van der Waals surface area contributed by atoms with Gasteiger partial charge in [0.05, 0.1) is 24.4 Å². The molecule has 0 saturated heterocycles. The Balaban J connectivity index is 2.36. The number of hydrogen-bond donors (Lipinski definition) is 1. The number of nitrogens with one attached hydrogen (secondary N) is 1. The van der Waals surface area contributed by atoms with Crippen LogP contribution in [0.4, 0.5) is 11.4 Å². The highest BCUT2D eigenvalue weighted by Crippen LogP contribution is 2.28. The molecule has 0 aliphatic carbocycles. The van der Waals surface area contributed by atoms with Gasteiger partial charge in [-0.1, -0.05) is 31.2 Å². The van der Waals surface area contributed by atoms with E-state index in [0.717, 1.165) is 22.9 Å². The Labute approximate surface area is 166 Å². The molecule has 148 valence electrons. The van der Waals surface area contributed by atoms with Gasteiger partial charge in [-0.2, -0.15) is 5.26 Å². The summed E-state index contributed by atoms with van der Waals surface area (Å²) in [4.78, 5) is 12.9. The van der Waals surface area contributed by atoms with Crippen molar-refractivity contribution < 1.29 is 13.2 Å². The number of nitriles is 1. The van der Waals surface area contributed by atoms with E-state index >= 15 is 0 Å². The summed E-state index contributed by atoms with van der Waals surface area (Å²) in [6.45, 7) is 5.49. The number of carbonyl (C=O) groups is 1. The third-order valence-electron chi connectivity index (χ3n) is 4.44. The van der Waals surface area contributed by atoms with Crippen LogP contribution in [-0.4, -0.2) is 26.6 Å². The maximum atomic E-state index is 12.9. The Hall–Kier alpha value is -2.85. The normalized spacial score (nSPS) is 12.1. The van der Waals surface area contributed by atoms with Crippen molar-refractivity contribution in [3.8, 4) is 6.07 Å². The summed E-state index contributed by atoms with van der Waals surface area (Å²) in [5.74, 6) is -0.401. The third kappa shape index (κ3) is 5.11. The van der Waals surface area contributed by atoms with Crippen LogP contribution in [0.1, 0.15) is 30.0 Å². The molecule has 1 N–H and O–H groups in total. The molecule has 1 amide bonds. The first kappa shape index (κ1) is 21.5. The highest BCUT2D eigenvalue weighted by molar-refractivity contribution is 7.92. The first-order valence-corrected chi connectivity index (χ1v) is 10.9. The van der Waals surface area contributed by atoms with Crippen LogP contribution < -0.4 is 9.62 Å². The number of carbonyl (C=O) groups excluding carboxylic acids is 1. The molecule has 0 aromatic heterocycles. The lowest BCUT2D eigenvalue weighted by Gasteiger charge is -2.31. The van der Waals surface area contributed by atoms with Gasteiger partial charge in [0, 0.05) is 5.69 Å². The van der Waals surface area contributed by atoms with Gasteiger partial charge in [0.15, 0.2) is 0 Å². The number of rotatable bonds is 7. The van der Waals surface area contributed by atoms with Crippen molar-refractivity contribution in [3.05, 3.63) is 59.2 Å². The number of hydrogen-bond acceptors (Lipinski definition) is 4. The Kier molecular flexibility index (Phi) is 6.81. The minimum absolute atomic E-state index is 0.292. The summed E-state index contributed by atoms with van der Waals surface area (Å²) in [5, 5.41) is 11.5. The van der Waals surface area contributed by atoms with Gasteiger partial charge in [0.1, 0.15) is 6.04 Å². The molecule has 7 heteroatoms. The monoisotopic (exact) mass is 399 g/mol. The lowest BCUT2D eigenvalue weighted by molar-refractivity contribution is -0.117. The second-order valence-electron chi connectivity index (χ2n) is 6.79. The van der Waals surface area contributed by atoms with Gasteiger partial charge >= 0.3 is 0 Å². The minimum atomic E-state index is -3.68. The van der Waals surface area contributed by atoms with Crippen molar-refractivity contribution in [3.63, 3.8) is 0 Å². The van der Waals surface area contributed by atoms with E-state index in [2.05, 4.69) is 11.4 Å². The van der Waals surface area contributed by atoms with Crippen LogP contribution in [0.2, 0.25) is 0 Å². The quantitative estimate of drug-likeness (QED) is 0.771. The lowest BCUT2D eigenvalue weighted by atomic mass is 10.1.